The summed E-state index contributed by atoms with van der Waals surface area (Å²) >= 11 is 6.12. The van der Waals surface area contributed by atoms with Crippen molar-refractivity contribution in [2.45, 2.75) is 18.6 Å². The summed E-state index contributed by atoms with van der Waals surface area (Å²) in [4.78, 5) is 12.4. The monoisotopic (exact) mass is 457 g/mol. The summed E-state index contributed by atoms with van der Waals surface area (Å²) in [6, 6.07) is 20.7. The molecular weight excluding hydrogens is 434 g/mol. The van der Waals surface area contributed by atoms with Crippen molar-refractivity contribution >= 4 is 23.1 Å². The number of nitriles is 1. The van der Waals surface area contributed by atoms with E-state index >= 15 is 0 Å². The summed E-state index contributed by atoms with van der Waals surface area (Å²) in [5.41, 5.74) is 1.92. The zero-order chi connectivity index (χ0) is 23.4. The van der Waals surface area contributed by atoms with Gasteiger partial charge in [0.15, 0.2) is 5.69 Å². The molecular formula is C26H24ClN5O. The highest BCUT2D eigenvalue weighted by molar-refractivity contribution is 6.30. The Balaban J connectivity index is 1.58. The molecule has 0 radical (unpaired) electrons. The Bertz CT molecular complexity index is 1180. The van der Waals surface area contributed by atoms with E-state index in [1.807, 2.05) is 49.4 Å². The molecule has 0 spiro atoms. The Morgan fingerprint density at radius 1 is 1.15 bits per heavy atom. The molecule has 4 rings (SSSR count). The molecule has 1 N–H and O–H groups in total. The molecule has 0 aliphatic carbocycles. The Morgan fingerprint density at radius 3 is 2.48 bits per heavy atom. The third-order valence-corrected chi connectivity index (χ3v) is 6.29. The predicted molar refractivity (Wildman–Crippen MR) is 129 cm³/mol. The van der Waals surface area contributed by atoms with Crippen LogP contribution in [-0.2, 0) is 5.60 Å². The van der Waals surface area contributed by atoms with Gasteiger partial charge in [0.1, 0.15) is 11.9 Å². The molecule has 1 aliphatic heterocycles. The summed E-state index contributed by atoms with van der Waals surface area (Å²) in [6.07, 6.45) is 1.60. The number of pyridine rings is 1. The average molecular weight is 458 g/mol. The van der Waals surface area contributed by atoms with Crippen LogP contribution in [0.3, 0.4) is 0 Å². The zero-order valence-electron chi connectivity index (χ0n) is 18.3. The lowest BCUT2D eigenvalue weighted by Gasteiger charge is -2.44. The number of hydrogen-bond acceptors (Lipinski definition) is 5. The van der Waals surface area contributed by atoms with Gasteiger partial charge in [-0.1, -0.05) is 48.0 Å². The first kappa shape index (κ1) is 22.8. The average Bonchev–Trinajstić information content (AvgIpc) is 2.84. The molecule has 2 heterocycles. The molecule has 6 nitrogen and oxygen atoms in total. The molecule has 0 unspecified atom stereocenters. The summed E-state index contributed by atoms with van der Waals surface area (Å²) < 4.78 is 0. The molecule has 1 fully saturated rings. The fraction of sp³-hybridized carbons (Fsp3) is 0.269. The second-order valence-corrected chi connectivity index (χ2v) is 8.88. The van der Waals surface area contributed by atoms with Crippen molar-refractivity contribution in [3.63, 3.8) is 0 Å². The van der Waals surface area contributed by atoms with Gasteiger partial charge in [0.2, 0.25) is 0 Å². The number of piperazine rings is 1. The van der Waals surface area contributed by atoms with E-state index < -0.39 is 5.60 Å². The van der Waals surface area contributed by atoms with E-state index in [-0.39, 0.29) is 6.04 Å². The number of aliphatic hydroxyl groups is 1. The number of benzene rings is 2. The number of β-amino-alcohol motifs (C(OH)–C–C–N with tert-alkyl or cyclic N) is 1. The van der Waals surface area contributed by atoms with Gasteiger partial charge in [-0.05, 0) is 42.3 Å². The van der Waals surface area contributed by atoms with Crippen LogP contribution >= 0.6 is 11.6 Å². The maximum absolute atomic E-state index is 11.2. The molecule has 166 valence electrons. The quantitative estimate of drug-likeness (QED) is 0.550. The van der Waals surface area contributed by atoms with Crippen LogP contribution in [-0.4, -0.2) is 41.2 Å². The second-order valence-electron chi connectivity index (χ2n) is 8.45. The molecule has 2 aromatic carbocycles. The Morgan fingerprint density at radius 2 is 1.88 bits per heavy atom. The van der Waals surface area contributed by atoms with Gasteiger partial charge in [-0.25, -0.2) is 9.83 Å². The number of halogens is 1. The molecule has 33 heavy (non-hydrogen) atoms. The maximum atomic E-state index is 11.2. The largest absolute Gasteiger partial charge is 0.384 e. The van der Waals surface area contributed by atoms with Crippen molar-refractivity contribution < 1.29 is 5.11 Å². The van der Waals surface area contributed by atoms with Gasteiger partial charge in [-0.2, -0.15) is 5.26 Å². The van der Waals surface area contributed by atoms with Gasteiger partial charge in [-0.3, -0.25) is 4.90 Å². The lowest BCUT2D eigenvalue weighted by atomic mass is 9.93. The highest BCUT2D eigenvalue weighted by atomic mass is 35.5. The van der Waals surface area contributed by atoms with E-state index in [2.05, 4.69) is 25.7 Å². The molecule has 0 amide bonds. The molecule has 1 aliphatic rings. The first-order chi connectivity index (χ1) is 15.9. The molecule has 7 heteroatoms. The second kappa shape index (κ2) is 9.60. The zero-order valence-corrected chi connectivity index (χ0v) is 19.1. The first-order valence-corrected chi connectivity index (χ1v) is 11.1. The standard InChI is InChI=1S/C26H24ClN5O/c1-26(33,21-6-10-23(29-2)11-7-21)18-31-13-14-32(25-12-3-19(15-28)16-30-25)24(17-31)20-4-8-22(27)9-5-20/h3-12,16,24,33H,13-14,17-18H2,1H3/t24-,26+/m0/s1. The van der Waals surface area contributed by atoms with Crippen molar-refractivity contribution in [2.75, 3.05) is 31.1 Å². The Labute approximate surface area is 199 Å². The van der Waals surface area contributed by atoms with Crippen LogP contribution in [0.25, 0.3) is 4.85 Å². The normalized spacial score (nSPS) is 18.2. The van der Waals surface area contributed by atoms with Crippen LogP contribution in [0.1, 0.15) is 29.7 Å². The lowest BCUT2D eigenvalue weighted by molar-refractivity contribution is 0.0102. The third-order valence-electron chi connectivity index (χ3n) is 6.04. The van der Waals surface area contributed by atoms with Gasteiger partial charge < -0.3 is 10.0 Å². The van der Waals surface area contributed by atoms with Gasteiger partial charge in [-0.15, -0.1) is 0 Å². The number of hydrogen-bond donors (Lipinski definition) is 1. The smallest absolute Gasteiger partial charge is 0.187 e. The Hall–Kier alpha value is -3.42. The van der Waals surface area contributed by atoms with Crippen molar-refractivity contribution in [1.82, 2.24) is 9.88 Å². The highest BCUT2D eigenvalue weighted by Crippen LogP contribution is 2.32. The van der Waals surface area contributed by atoms with Gasteiger partial charge in [0, 0.05) is 37.4 Å². The third kappa shape index (κ3) is 5.16. The van der Waals surface area contributed by atoms with Gasteiger partial charge in [0.05, 0.1) is 23.8 Å². The van der Waals surface area contributed by atoms with Crippen LogP contribution in [0.5, 0.6) is 0 Å². The minimum Gasteiger partial charge on any atom is -0.384 e. The summed E-state index contributed by atoms with van der Waals surface area (Å²) in [5.74, 6) is 0.815. The van der Waals surface area contributed by atoms with Crippen molar-refractivity contribution in [1.29, 1.82) is 5.26 Å². The predicted octanol–water partition coefficient (Wildman–Crippen LogP) is 4.93. The van der Waals surface area contributed by atoms with E-state index in [1.165, 1.54) is 0 Å². The number of rotatable bonds is 5. The first-order valence-electron chi connectivity index (χ1n) is 10.7. The summed E-state index contributed by atoms with van der Waals surface area (Å²) in [6.45, 7) is 11.6. The van der Waals surface area contributed by atoms with E-state index in [1.54, 1.807) is 24.4 Å². The summed E-state index contributed by atoms with van der Waals surface area (Å²) in [5, 5.41) is 21.0. The lowest BCUT2D eigenvalue weighted by Crippen LogP contribution is -2.52. The SMILES string of the molecule is [C-]#[N+]c1ccc([C@](C)(O)CN2CCN(c3ccc(C#N)cn3)[C@H](c3ccc(Cl)cc3)C2)cc1. The van der Waals surface area contributed by atoms with E-state index in [4.69, 9.17) is 23.4 Å². The van der Waals surface area contributed by atoms with Crippen LogP contribution in [0.15, 0.2) is 66.9 Å². The molecule has 1 saturated heterocycles. The van der Waals surface area contributed by atoms with E-state index in [0.717, 1.165) is 30.0 Å². The topological polar surface area (TPSA) is 67.8 Å². The fourth-order valence-corrected chi connectivity index (χ4v) is 4.40. The van der Waals surface area contributed by atoms with Crippen molar-refractivity contribution in [3.05, 3.63) is 100.0 Å². The van der Waals surface area contributed by atoms with Crippen LogP contribution < -0.4 is 4.90 Å². The van der Waals surface area contributed by atoms with Crippen LogP contribution in [0.4, 0.5) is 11.5 Å². The molecule has 2 atom stereocenters. The summed E-state index contributed by atoms with van der Waals surface area (Å²) in [7, 11) is 0. The van der Waals surface area contributed by atoms with E-state index in [0.29, 0.717) is 29.4 Å². The van der Waals surface area contributed by atoms with Crippen molar-refractivity contribution in [2.24, 2.45) is 0 Å². The minimum absolute atomic E-state index is 0.0109. The molecule has 1 aromatic heterocycles. The van der Waals surface area contributed by atoms with Crippen molar-refractivity contribution in [3.8, 4) is 6.07 Å². The number of aromatic nitrogens is 1. The minimum atomic E-state index is -1.06. The molecule has 3 aromatic rings. The molecule has 0 bridgehead atoms. The molecule has 0 saturated carbocycles. The maximum Gasteiger partial charge on any atom is 0.187 e. The van der Waals surface area contributed by atoms with Crippen LogP contribution in [0.2, 0.25) is 5.02 Å². The number of anilines is 1. The Kier molecular flexibility index (Phi) is 6.62. The highest BCUT2D eigenvalue weighted by Gasteiger charge is 2.33. The van der Waals surface area contributed by atoms with Gasteiger partial charge in [0.25, 0.3) is 0 Å². The van der Waals surface area contributed by atoms with Gasteiger partial charge >= 0.3 is 0 Å². The number of nitrogens with zero attached hydrogens (tertiary/aromatic N) is 5. The van der Waals surface area contributed by atoms with Crippen LogP contribution in [0, 0.1) is 17.9 Å². The fourth-order valence-electron chi connectivity index (χ4n) is 4.27. The van der Waals surface area contributed by atoms with E-state index in [9.17, 15) is 5.11 Å².